The quantitative estimate of drug-likeness (QED) is 0.840. The van der Waals surface area contributed by atoms with E-state index in [1.165, 1.54) is 6.07 Å². The molecule has 21 heavy (non-hydrogen) atoms. The lowest BCUT2D eigenvalue weighted by Gasteiger charge is -2.36. The molecule has 3 rings (SSSR count). The number of piperazine rings is 1. The fraction of sp³-hybridized carbons (Fsp3) is 0.533. The summed E-state index contributed by atoms with van der Waals surface area (Å²) in [7, 11) is 1.99. The second-order valence-electron chi connectivity index (χ2n) is 5.79. The van der Waals surface area contributed by atoms with Gasteiger partial charge in [-0.25, -0.2) is 4.39 Å². The van der Waals surface area contributed by atoms with Gasteiger partial charge >= 0.3 is 0 Å². The lowest BCUT2D eigenvalue weighted by molar-refractivity contribution is 0.0854. The first-order valence-corrected chi connectivity index (χ1v) is 7.38. The fourth-order valence-electron chi connectivity index (χ4n) is 2.86. The topological polar surface area (TPSA) is 47.6 Å². The summed E-state index contributed by atoms with van der Waals surface area (Å²) in [6, 6.07) is 5.02. The van der Waals surface area contributed by atoms with Crippen LogP contribution in [0.2, 0.25) is 0 Å². The zero-order valence-corrected chi connectivity index (χ0v) is 12.2. The minimum Gasteiger partial charge on any atom is -0.369 e. The SMILES string of the molecule is CN1CC(NC(=O)c2ccc(N3CCNCC3)cc2F)C1. The number of halogens is 1. The van der Waals surface area contributed by atoms with Gasteiger partial charge < -0.3 is 20.4 Å². The Morgan fingerprint density at radius 1 is 1.33 bits per heavy atom. The molecule has 2 aliphatic heterocycles. The van der Waals surface area contributed by atoms with Crippen LogP contribution in [0.1, 0.15) is 10.4 Å². The van der Waals surface area contributed by atoms with E-state index in [0.29, 0.717) is 0 Å². The standard InChI is InChI=1S/C15H21FN4O/c1-19-9-11(10-19)18-15(21)13-3-2-12(8-14(13)16)20-6-4-17-5-7-20/h2-3,8,11,17H,4-7,9-10H2,1H3,(H,18,21). The van der Waals surface area contributed by atoms with Gasteiger partial charge in [0, 0.05) is 45.0 Å². The van der Waals surface area contributed by atoms with Crippen LogP contribution in [0, 0.1) is 5.82 Å². The molecular formula is C15H21FN4O. The van der Waals surface area contributed by atoms with Crippen molar-refractivity contribution in [2.45, 2.75) is 6.04 Å². The Labute approximate surface area is 124 Å². The molecule has 0 aromatic heterocycles. The summed E-state index contributed by atoms with van der Waals surface area (Å²) in [5, 5.41) is 6.12. The van der Waals surface area contributed by atoms with Gasteiger partial charge in [0.2, 0.25) is 0 Å². The highest BCUT2D eigenvalue weighted by Crippen LogP contribution is 2.19. The van der Waals surface area contributed by atoms with Crippen LogP contribution in [0.15, 0.2) is 18.2 Å². The van der Waals surface area contributed by atoms with E-state index < -0.39 is 5.82 Å². The molecule has 0 unspecified atom stereocenters. The van der Waals surface area contributed by atoms with Crippen LogP contribution in [0.5, 0.6) is 0 Å². The van der Waals surface area contributed by atoms with Crippen molar-refractivity contribution in [2.24, 2.45) is 0 Å². The van der Waals surface area contributed by atoms with Crippen molar-refractivity contribution < 1.29 is 9.18 Å². The summed E-state index contributed by atoms with van der Waals surface area (Å²) in [5.41, 5.74) is 0.970. The summed E-state index contributed by atoms with van der Waals surface area (Å²) in [4.78, 5) is 16.3. The first-order chi connectivity index (χ1) is 10.1. The summed E-state index contributed by atoms with van der Waals surface area (Å²) in [6.07, 6.45) is 0. The van der Waals surface area contributed by atoms with E-state index >= 15 is 0 Å². The summed E-state index contributed by atoms with van der Waals surface area (Å²) >= 11 is 0. The van der Waals surface area contributed by atoms with Crippen molar-refractivity contribution in [3.05, 3.63) is 29.6 Å². The van der Waals surface area contributed by atoms with Gasteiger partial charge in [0.25, 0.3) is 5.91 Å². The number of anilines is 1. The second-order valence-corrected chi connectivity index (χ2v) is 5.79. The summed E-state index contributed by atoms with van der Waals surface area (Å²) < 4.78 is 14.2. The Kier molecular flexibility index (Phi) is 4.07. The maximum atomic E-state index is 14.2. The number of nitrogens with one attached hydrogen (secondary N) is 2. The molecule has 0 saturated carbocycles. The Balaban J connectivity index is 1.67. The van der Waals surface area contributed by atoms with Crippen LogP contribution in [-0.4, -0.2) is 63.2 Å². The molecular weight excluding hydrogens is 271 g/mol. The van der Waals surface area contributed by atoms with Gasteiger partial charge in [0.15, 0.2) is 0 Å². The van der Waals surface area contributed by atoms with E-state index in [9.17, 15) is 9.18 Å². The maximum absolute atomic E-state index is 14.2. The minimum absolute atomic E-state index is 0.128. The molecule has 0 atom stereocenters. The number of hydrogen-bond donors (Lipinski definition) is 2. The molecule has 0 bridgehead atoms. The average molecular weight is 292 g/mol. The molecule has 6 heteroatoms. The largest absolute Gasteiger partial charge is 0.369 e. The van der Waals surface area contributed by atoms with Crippen molar-refractivity contribution in [1.82, 2.24) is 15.5 Å². The van der Waals surface area contributed by atoms with Crippen LogP contribution in [-0.2, 0) is 0 Å². The van der Waals surface area contributed by atoms with E-state index in [4.69, 9.17) is 0 Å². The smallest absolute Gasteiger partial charge is 0.254 e. The van der Waals surface area contributed by atoms with Crippen molar-refractivity contribution >= 4 is 11.6 Å². The lowest BCUT2D eigenvalue weighted by atomic mass is 10.1. The van der Waals surface area contributed by atoms with Gasteiger partial charge in [-0.2, -0.15) is 0 Å². The molecule has 0 radical (unpaired) electrons. The normalized spacial score (nSPS) is 20.2. The van der Waals surface area contributed by atoms with Crippen LogP contribution in [0.4, 0.5) is 10.1 Å². The fourth-order valence-corrected chi connectivity index (χ4v) is 2.86. The average Bonchev–Trinajstić information content (AvgIpc) is 2.46. The molecule has 1 aromatic rings. The van der Waals surface area contributed by atoms with E-state index in [2.05, 4.69) is 20.4 Å². The molecule has 2 fully saturated rings. The second kappa shape index (κ2) is 5.99. The van der Waals surface area contributed by atoms with E-state index in [1.54, 1.807) is 6.07 Å². The molecule has 1 aromatic carbocycles. The molecule has 2 heterocycles. The number of likely N-dealkylation sites (tertiary alicyclic amines) is 1. The molecule has 0 aliphatic carbocycles. The number of benzene rings is 1. The number of likely N-dealkylation sites (N-methyl/N-ethyl adjacent to an activating group) is 1. The summed E-state index contributed by atoms with van der Waals surface area (Å²) in [6.45, 7) is 5.18. The Hall–Kier alpha value is -1.66. The molecule has 2 aliphatic rings. The molecule has 0 spiro atoms. The van der Waals surface area contributed by atoms with Gasteiger partial charge in [-0.05, 0) is 25.2 Å². The van der Waals surface area contributed by atoms with Gasteiger partial charge in [0.05, 0.1) is 11.6 Å². The first kappa shape index (κ1) is 14.3. The third-order valence-corrected chi connectivity index (χ3v) is 4.08. The zero-order chi connectivity index (χ0) is 14.8. The molecule has 114 valence electrons. The molecule has 2 saturated heterocycles. The first-order valence-electron chi connectivity index (χ1n) is 7.38. The van der Waals surface area contributed by atoms with Crippen LogP contribution >= 0.6 is 0 Å². The molecule has 1 amide bonds. The highest BCUT2D eigenvalue weighted by Gasteiger charge is 2.26. The van der Waals surface area contributed by atoms with Crippen molar-refractivity contribution in [3.63, 3.8) is 0 Å². The van der Waals surface area contributed by atoms with E-state index in [1.807, 2.05) is 13.1 Å². The number of rotatable bonds is 3. The summed E-state index contributed by atoms with van der Waals surface area (Å²) in [5.74, 6) is -0.770. The predicted octanol–water partition coefficient (Wildman–Crippen LogP) is 0.279. The highest BCUT2D eigenvalue weighted by atomic mass is 19.1. The van der Waals surface area contributed by atoms with Gasteiger partial charge in [-0.3, -0.25) is 4.79 Å². The van der Waals surface area contributed by atoms with E-state index in [0.717, 1.165) is 45.0 Å². The Morgan fingerprint density at radius 2 is 2.05 bits per heavy atom. The third-order valence-electron chi connectivity index (χ3n) is 4.08. The van der Waals surface area contributed by atoms with Crippen LogP contribution in [0.25, 0.3) is 0 Å². The predicted molar refractivity (Wildman–Crippen MR) is 80.2 cm³/mol. The molecule has 5 nitrogen and oxygen atoms in total. The lowest BCUT2D eigenvalue weighted by Crippen LogP contribution is -2.57. The van der Waals surface area contributed by atoms with Crippen molar-refractivity contribution in [2.75, 3.05) is 51.2 Å². The minimum atomic E-state index is -0.448. The number of nitrogens with zero attached hydrogens (tertiary/aromatic N) is 2. The number of amides is 1. The number of carbonyl (C=O) groups is 1. The highest BCUT2D eigenvalue weighted by molar-refractivity contribution is 5.95. The Morgan fingerprint density at radius 3 is 2.67 bits per heavy atom. The Bertz CT molecular complexity index is 524. The number of carbonyl (C=O) groups excluding carboxylic acids is 1. The third kappa shape index (κ3) is 3.16. The van der Waals surface area contributed by atoms with Crippen LogP contribution < -0.4 is 15.5 Å². The maximum Gasteiger partial charge on any atom is 0.254 e. The van der Waals surface area contributed by atoms with Gasteiger partial charge in [0.1, 0.15) is 5.82 Å². The van der Waals surface area contributed by atoms with Gasteiger partial charge in [-0.1, -0.05) is 0 Å². The van der Waals surface area contributed by atoms with Crippen LogP contribution in [0.3, 0.4) is 0 Å². The number of hydrogen-bond acceptors (Lipinski definition) is 4. The van der Waals surface area contributed by atoms with Gasteiger partial charge in [-0.15, -0.1) is 0 Å². The monoisotopic (exact) mass is 292 g/mol. The van der Waals surface area contributed by atoms with Crippen molar-refractivity contribution in [3.8, 4) is 0 Å². The zero-order valence-electron chi connectivity index (χ0n) is 12.2. The van der Waals surface area contributed by atoms with Crippen molar-refractivity contribution in [1.29, 1.82) is 0 Å². The van der Waals surface area contributed by atoms with E-state index in [-0.39, 0.29) is 17.5 Å². The molecule has 2 N–H and O–H groups in total.